The highest BCUT2D eigenvalue weighted by atomic mass is 16.5. The Labute approximate surface area is 197 Å². The van der Waals surface area contributed by atoms with Crippen molar-refractivity contribution in [3.8, 4) is 11.1 Å². The van der Waals surface area contributed by atoms with Crippen LogP contribution in [0.4, 0.5) is 4.79 Å². The van der Waals surface area contributed by atoms with Crippen LogP contribution in [0.3, 0.4) is 0 Å². The minimum Gasteiger partial charge on any atom is -0.480 e. The van der Waals surface area contributed by atoms with Gasteiger partial charge in [-0.25, -0.2) is 9.59 Å². The standard InChI is InChI=1S/C28H26N2O4/c1-2-30-16-18(19-9-7-8-14-26(19)30)15-25(27(31)32)29-28(33)34-17-24-22-12-5-3-10-20(22)21-11-4-6-13-23(21)24/h3-14,16,24-25H,2,15,17H2,1H3,(H,29,33)(H,31,32). The van der Waals surface area contributed by atoms with Crippen LogP contribution in [0.2, 0.25) is 0 Å². The zero-order valence-corrected chi connectivity index (χ0v) is 18.9. The molecule has 1 aliphatic carbocycles. The fraction of sp³-hybridized carbons (Fsp3) is 0.214. The number of fused-ring (bicyclic) bond motifs is 4. The van der Waals surface area contributed by atoms with Crippen LogP contribution in [-0.2, 0) is 22.5 Å². The summed E-state index contributed by atoms with van der Waals surface area (Å²) in [6.45, 7) is 2.96. The summed E-state index contributed by atoms with van der Waals surface area (Å²) >= 11 is 0. The predicted octanol–water partition coefficient (Wildman–Crippen LogP) is 5.20. The van der Waals surface area contributed by atoms with Crippen molar-refractivity contribution in [2.45, 2.75) is 31.8 Å². The topological polar surface area (TPSA) is 80.6 Å². The van der Waals surface area contributed by atoms with Crippen molar-refractivity contribution in [2.75, 3.05) is 6.61 Å². The van der Waals surface area contributed by atoms with E-state index in [2.05, 4.69) is 22.0 Å². The molecular formula is C28H26N2O4. The van der Waals surface area contributed by atoms with E-state index >= 15 is 0 Å². The van der Waals surface area contributed by atoms with E-state index < -0.39 is 18.1 Å². The Morgan fingerprint density at radius 2 is 1.59 bits per heavy atom. The van der Waals surface area contributed by atoms with Crippen molar-refractivity contribution in [1.82, 2.24) is 9.88 Å². The lowest BCUT2D eigenvalue weighted by atomic mass is 9.98. The van der Waals surface area contributed by atoms with Gasteiger partial charge in [-0.1, -0.05) is 66.7 Å². The third-order valence-corrected chi connectivity index (χ3v) is 6.57. The van der Waals surface area contributed by atoms with Gasteiger partial charge in [0, 0.05) is 36.0 Å². The maximum Gasteiger partial charge on any atom is 0.407 e. The van der Waals surface area contributed by atoms with Gasteiger partial charge in [-0.2, -0.15) is 0 Å². The van der Waals surface area contributed by atoms with Gasteiger partial charge in [0.2, 0.25) is 0 Å². The number of ether oxygens (including phenoxy) is 1. The Balaban J connectivity index is 1.30. The number of carbonyl (C=O) groups is 2. The highest BCUT2D eigenvalue weighted by Crippen LogP contribution is 2.44. The van der Waals surface area contributed by atoms with Crippen LogP contribution in [0.1, 0.15) is 29.5 Å². The van der Waals surface area contributed by atoms with Crippen LogP contribution in [0.5, 0.6) is 0 Å². The summed E-state index contributed by atoms with van der Waals surface area (Å²) < 4.78 is 7.63. The summed E-state index contributed by atoms with van der Waals surface area (Å²) in [5, 5.41) is 13.3. The van der Waals surface area contributed by atoms with E-state index in [1.165, 1.54) is 0 Å². The second kappa shape index (κ2) is 9.06. The molecule has 0 fully saturated rings. The average Bonchev–Trinajstić information content (AvgIpc) is 3.38. The van der Waals surface area contributed by atoms with Crippen molar-refractivity contribution >= 4 is 23.0 Å². The number of benzene rings is 3. The normalized spacial score (nSPS) is 13.3. The number of rotatable bonds is 7. The number of para-hydroxylation sites is 1. The number of carboxylic acid groups (broad SMARTS) is 1. The van der Waals surface area contributed by atoms with Crippen molar-refractivity contribution < 1.29 is 19.4 Å². The van der Waals surface area contributed by atoms with Gasteiger partial charge in [0.15, 0.2) is 0 Å². The summed E-state index contributed by atoms with van der Waals surface area (Å²) in [5.74, 6) is -1.18. The molecule has 5 rings (SSSR count). The lowest BCUT2D eigenvalue weighted by Gasteiger charge is -2.17. The van der Waals surface area contributed by atoms with E-state index in [4.69, 9.17) is 4.74 Å². The maximum absolute atomic E-state index is 12.7. The SMILES string of the molecule is CCn1cc(CC(NC(=O)OCC2c3ccccc3-c3ccccc32)C(=O)O)c2ccccc21. The molecule has 0 spiro atoms. The number of aliphatic carboxylic acids is 1. The highest BCUT2D eigenvalue weighted by Gasteiger charge is 2.30. The van der Waals surface area contributed by atoms with Crippen LogP contribution in [0.25, 0.3) is 22.0 Å². The van der Waals surface area contributed by atoms with Gasteiger partial charge in [-0.15, -0.1) is 0 Å². The molecular weight excluding hydrogens is 428 g/mol. The molecule has 2 N–H and O–H groups in total. The molecule has 1 aromatic heterocycles. The number of carbonyl (C=O) groups excluding carboxylic acids is 1. The van der Waals surface area contributed by atoms with Gasteiger partial charge in [0.05, 0.1) is 0 Å². The first-order valence-electron chi connectivity index (χ1n) is 11.5. The van der Waals surface area contributed by atoms with Crippen LogP contribution < -0.4 is 5.32 Å². The molecule has 34 heavy (non-hydrogen) atoms. The first kappa shape index (κ1) is 21.8. The van der Waals surface area contributed by atoms with Crippen LogP contribution in [-0.4, -0.2) is 34.4 Å². The number of hydrogen-bond donors (Lipinski definition) is 2. The molecule has 0 aliphatic heterocycles. The number of nitrogens with one attached hydrogen (secondary N) is 1. The summed E-state index contributed by atoms with van der Waals surface area (Å²) in [7, 11) is 0. The smallest absolute Gasteiger partial charge is 0.407 e. The monoisotopic (exact) mass is 454 g/mol. The molecule has 4 aromatic rings. The number of amides is 1. The number of nitrogens with zero attached hydrogens (tertiary/aromatic N) is 1. The molecule has 1 atom stereocenters. The Hall–Kier alpha value is -4.06. The van der Waals surface area contributed by atoms with Gasteiger partial charge < -0.3 is 19.7 Å². The second-order valence-electron chi connectivity index (χ2n) is 8.52. The number of aromatic nitrogens is 1. The van der Waals surface area contributed by atoms with Crippen LogP contribution in [0.15, 0.2) is 79.0 Å². The molecule has 1 aliphatic rings. The summed E-state index contributed by atoms with van der Waals surface area (Å²) in [4.78, 5) is 24.6. The van der Waals surface area contributed by atoms with E-state index in [0.29, 0.717) is 0 Å². The Kier molecular flexibility index (Phi) is 5.80. The van der Waals surface area contributed by atoms with Gasteiger partial charge in [0.25, 0.3) is 0 Å². The third-order valence-electron chi connectivity index (χ3n) is 6.57. The Bertz CT molecular complexity index is 1330. The van der Waals surface area contributed by atoms with Crippen LogP contribution in [0, 0.1) is 0 Å². The molecule has 0 saturated carbocycles. The predicted molar refractivity (Wildman–Crippen MR) is 131 cm³/mol. The van der Waals surface area contributed by atoms with E-state index in [1.54, 1.807) is 0 Å². The summed E-state index contributed by atoms with van der Waals surface area (Å²) in [6, 6.07) is 23.0. The quantitative estimate of drug-likeness (QED) is 0.402. The lowest BCUT2D eigenvalue weighted by Crippen LogP contribution is -2.42. The van der Waals surface area contributed by atoms with Crippen LogP contribution >= 0.6 is 0 Å². The van der Waals surface area contributed by atoms with E-state index in [0.717, 1.165) is 45.3 Å². The van der Waals surface area contributed by atoms with E-state index in [-0.39, 0.29) is 18.9 Å². The Morgan fingerprint density at radius 3 is 2.24 bits per heavy atom. The number of carboxylic acids is 1. The maximum atomic E-state index is 12.7. The largest absolute Gasteiger partial charge is 0.480 e. The molecule has 6 nitrogen and oxygen atoms in total. The minimum atomic E-state index is -1.10. The average molecular weight is 455 g/mol. The zero-order chi connectivity index (χ0) is 23.7. The highest BCUT2D eigenvalue weighted by molar-refractivity contribution is 5.86. The van der Waals surface area contributed by atoms with Crippen molar-refractivity contribution in [3.63, 3.8) is 0 Å². The van der Waals surface area contributed by atoms with E-state index in [1.807, 2.05) is 73.8 Å². The molecule has 0 radical (unpaired) electrons. The third kappa shape index (κ3) is 3.92. The van der Waals surface area contributed by atoms with Crippen molar-refractivity contribution in [2.24, 2.45) is 0 Å². The number of alkyl carbamates (subject to hydrolysis) is 1. The molecule has 0 bridgehead atoms. The molecule has 0 saturated heterocycles. The molecule has 1 amide bonds. The summed E-state index contributed by atoms with van der Waals surface area (Å²) in [6.07, 6.45) is 1.40. The lowest BCUT2D eigenvalue weighted by molar-refractivity contribution is -0.139. The zero-order valence-electron chi connectivity index (χ0n) is 18.9. The molecule has 1 heterocycles. The van der Waals surface area contributed by atoms with Gasteiger partial charge >= 0.3 is 12.1 Å². The van der Waals surface area contributed by atoms with E-state index in [9.17, 15) is 14.7 Å². The fourth-order valence-corrected chi connectivity index (χ4v) is 4.95. The Morgan fingerprint density at radius 1 is 0.971 bits per heavy atom. The first-order chi connectivity index (χ1) is 16.6. The fourth-order valence-electron chi connectivity index (χ4n) is 4.95. The van der Waals surface area contributed by atoms with Crippen molar-refractivity contribution in [3.05, 3.63) is 95.7 Å². The molecule has 3 aromatic carbocycles. The molecule has 6 heteroatoms. The second-order valence-corrected chi connectivity index (χ2v) is 8.52. The summed E-state index contributed by atoms with van der Waals surface area (Å²) in [5.41, 5.74) is 6.43. The van der Waals surface area contributed by atoms with Gasteiger partial charge in [0.1, 0.15) is 12.6 Å². The number of aryl methyl sites for hydroxylation is 1. The number of hydrogen-bond acceptors (Lipinski definition) is 3. The minimum absolute atomic E-state index is 0.0797. The van der Waals surface area contributed by atoms with Crippen molar-refractivity contribution in [1.29, 1.82) is 0 Å². The first-order valence-corrected chi connectivity index (χ1v) is 11.5. The van der Waals surface area contributed by atoms with Gasteiger partial charge in [-0.3, -0.25) is 0 Å². The van der Waals surface area contributed by atoms with Gasteiger partial charge in [-0.05, 0) is 40.8 Å². The molecule has 1 unspecified atom stereocenters. The molecule has 172 valence electrons.